The summed E-state index contributed by atoms with van der Waals surface area (Å²) in [6.45, 7) is 2.54. The number of amides is 2. The lowest BCUT2D eigenvalue weighted by molar-refractivity contribution is -0.130. The molecule has 1 fully saturated rings. The SMILES string of the molecule is O=C(Cc1cccc(Cl)c1)N1CCCN(C(=O)c2cccs2)CC1. The highest BCUT2D eigenvalue weighted by Gasteiger charge is 2.23. The summed E-state index contributed by atoms with van der Waals surface area (Å²) in [5, 5.41) is 2.55. The van der Waals surface area contributed by atoms with E-state index in [1.54, 1.807) is 6.07 Å². The number of hydrogen-bond donors (Lipinski definition) is 0. The lowest BCUT2D eigenvalue weighted by Gasteiger charge is -2.22. The maximum absolute atomic E-state index is 12.5. The third kappa shape index (κ3) is 4.16. The van der Waals surface area contributed by atoms with E-state index in [-0.39, 0.29) is 11.8 Å². The van der Waals surface area contributed by atoms with Crippen molar-refractivity contribution in [3.8, 4) is 0 Å². The monoisotopic (exact) mass is 362 g/mol. The van der Waals surface area contributed by atoms with E-state index in [2.05, 4.69) is 0 Å². The van der Waals surface area contributed by atoms with Gasteiger partial charge in [-0.05, 0) is 35.6 Å². The lowest BCUT2D eigenvalue weighted by atomic mass is 10.1. The summed E-state index contributed by atoms with van der Waals surface area (Å²) in [5.74, 6) is 0.150. The third-order valence-corrected chi connectivity index (χ3v) is 5.21. The molecule has 0 aliphatic carbocycles. The molecule has 126 valence electrons. The van der Waals surface area contributed by atoms with Crippen molar-refractivity contribution in [3.63, 3.8) is 0 Å². The number of rotatable bonds is 3. The van der Waals surface area contributed by atoms with Crippen molar-refractivity contribution in [1.29, 1.82) is 0 Å². The molecular formula is C18H19ClN2O2S. The Morgan fingerprint density at radius 1 is 1.04 bits per heavy atom. The highest BCUT2D eigenvalue weighted by Crippen LogP contribution is 2.15. The van der Waals surface area contributed by atoms with Gasteiger partial charge < -0.3 is 9.80 Å². The van der Waals surface area contributed by atoms with Crippen molar-refractivity contribution in [1.82, 2.24) is 9.80 Å². The van der Waals surface area contributed by atoms with Crippen LogP contribution in [0.15, 0.2) is 41.8 Å². The fraction of sp³-hybridized carbons (Fsp3) is 0.333. The average Bonchev–Trinajstić information content (AvgIpc) is 2.98. The van der Waals surface area contributed by atoms with Gasteiger partial charge in [0.05, 0.1) is 11.3 Å². The molecule has 0 radical (unpaired) electrons. The highest BCUT2D eigenvalue weighted by atomic mass is 35.5. The van der Waals surface area contributed by atoms with Gasteiger partial charge in [0.25, 0.3) is 5.91 Å². The van der Waals surface area contributed by atoms with E-state index in [4.69, 9.17) is 11.6 Å². The van der Waals surface area contributed by atoms with E-state index in [1.165, 1.54) is 11.3 Å². The summed E-state index contributed by atoms with van der Waals surface area (Å²) < 4.78 is 0. The van der Waals surface area contributed by atoms with Gasteiger partial charge in [0.15, 0.2) is 0 Å². The van der Waals surface area contributed by atoms with Crippen molar-refractivity contribution in [2.24, 2.45) is 0 Å². The molecule has 1 saturated heterocycles. The van der Waals surface area contributed by atoms with Gasteiger partial charge in [-0.15, -0.1) is 11.3 Å². The van der Waals surface area contributed by atoms with E-state index in [0.717, 1.165) is 16.9 Å². The molecule has 0 bridgehead atoms. The molecular weight excluding hydrogens is 344 g/mol. The third-order valence-electron chi connectivity index (χ3n) is 4.11. The number of benzene rings is 1. The lowest BCUT2D eigenvalue weighted by Crippen LogP contribution is -2.37. The zero-order chi connectivity index (χ0) is 16.9. The smallest absolute Gasteiger partial charge is 0.263 e. The summed E-state index contributed by atoms with van der Waals surface area (Å²) in [5.41, 5.74) is 0.920. The zero-order valence-corrected chi connectivity index (χ0v) is 14.9. The molecule has 3 rings (SSSR count). The molecule has 24 heavy (non-hydrogen) atoms. The van der Waals surface area contributed by atoms with E-state index in [0.29, 0.717) is 37.6 Å². The maximum Gasteiger partial charge on any atom is 0.263 e. The van der Waals surface area contributed by atoms with Gasteiger partial charge in [-0.3, -0.25) is 9.59 Å². The second-order valence-corrected chi connectivity index (χ2v) is 7.19. The van der Waals surface area contributed by atoms with Crippen LogP contribution in [0.3, 0.4) is 0 Å². The first-order valence-electron chi connectivity index (χ1n) is 7.98. The Morgan fingerprint density at radius 3 is 2.58 bits per heavy atom. The van der Waals surface area contributed by atoms with Gasteiger partial charge in [0.1, 0.15) is 0 Å². The van der Waals surface area contributed by atoms with Crippen molar-refractivity contribution in [2.45, 2.75) is 12.8 Å². The van der Waals surface area contributed by atoms with Gasteiger partial charge in [0.2, 0.25) is 5.91 Å². The number of hydrogen-bond acceptors (Lipinski definition) is 3. The fourth-order valence-electron chi connectivity index (χ4n) is 2.86. The minimum atomic E-state index is 0.0640. The number of halogens is 1. The second-order valence-electron chi connectivity index (χ2n) is 5.81. The molecule has 1 aromatic carbocycles. The largest absolute Gasteiger partial charge is 0.341 e. The Hall–Kier alpha value is -1.85. The first kappa shape index (κ1) is 17.0. The van der Waals surface area contributed by atoms with Crippen LogP contribution >= 0.6 is 22.9 Å². The molecule has 1 aromatic heterocycles. The van der Waals surface area contributed by atoms with E-state index >= 15 is 0 Å². The Bertz CT molecular complexity index is 718. The normalized spacial score (nSPS) is 15.2. The molecule has 0 saturated carbocycles. The molecule has 6 heteroatoms. The van der Waals surface area contributed by atoms with E-state index in [9.17, 15) is 9.59 Å². The Morgan fingerprint density at radius 2 is 1.83 bits per heavy atom. The molecule has 0 unspecified atom stereocenters. The standard InChI is InChI=1S/C18H19ClN2O2S/c19-15-5-1-4-14(12-15)13-17(22)20-7-3-8-21(10-9-20)18(23)16-6-2-11-24-16/h1-2,4-6,11-12H,3,7-10,13H2. The average molecular weight is 363 g/mol. The van der Waals surface area contributed by atoms with Crippen LogP contribution in [0.5, 0.6) is 0 Å². The van der Waals surface area contributed by atoms with Gasteiger partial charge in [-0.2, -0.15) is 0 Å². The number of carbonyl (C=O) groups is 2. The number of nitrogens with zero attached hydrogens (tertiary/aromatic N) is 2. The van der Waals surface area contributed by atoms with Crippen LogP contribution in [0.1, 0.15) is 21.7 Å². The predicted molar refractivity (Wildman–Crippen MR) is 96.6 cm³/mol. The van der Waals surface area contributed by atoms with E-state index in [1.807, 2.05) is 45.5 Å². The summed E-state index contributed by atoms with van der Waals surface area (Å²) in [7, 11) is 0. The van der Waals surface area contributed by atoms with Crippen LogP contribution in [-0.4, -0.2) is 47.8 Å². The zero-order valence-electron chi connectivity index (χ0n) is 13.3. The van der Waals surface area contributed by atoms with Crippen molar-refractivity contribution in [2.75, 3.05) is 26.2 Å². The predicted octanol–water partition coefficient (Wildman–Crippen LogP) is 3.32. The molecule has 2 aromatic rings. The number of thiophene rings is 1. The second kappa shape index (κ2) is 7.81. The van der Waals surface area contributed by atoms with E-state index < -0.39 is 0 Å². The molecule has 2 heterocycles. The van der Waals surface area contributed by atoms with Crippen LogP contribution in [0.2, 0.25) is 5.02 Å². The molecule has 1 aliphatic rings. The van der Waals surface area contributed by atoms with Crippen molar-refractivity contribution < 1.29 is 9.59 Å². The topological polar surface area (TPSA) is 40.6 Å². The van der Waals surface area contributed by atoms with Crippen LogP contribution in [-0.2, 0) is 11.2 Å². The minimum Gasteiger partial charge on any atom is -0.341 e. The van der Waals surface area contributed by atoms with Crippen LogP contribution < -0.4 is 0 Å². The molecule has 2 amide bonds. The van der Waals surface area contributed by atoms with Crippen LogP contribution in [0.4, 0.5) is 0 Å². The van der Waals surface area contributed by atoms with Crippen LogP contribution in [0.25, 0.3) is 0 Å². The molecule has 4 nitrogen and oxygen atoms in total. The summed E-state index contributed by atoms with van der Waals surface area (Å²) >= 11 is 7.43. The first-order chi connectivity index (χ1) is 11.6. The molecule has 0 atom stereocenters. The minimum absolute atomic E-state index is 0.0640. The van der Waals surface area contributed by atoms with Gasteiger partial charge in [0, 0.05) is 31.2 Å². The summed E-state index contributed by atoms with van der Waals surface area (Å²) in [6.07, 6.45) is 1.15. The molecule has 1 aliphatic heterocycles. The maximum atomic E-state index is 12.5. The Balaban J connectivity index is 1.59. The number of carbonyl (C=O) groups excluding carboxylic acids is 2. The van der Waals surface area contributed by atoms with Gasteiger partial charge in [-0.1, -0.05) is 29.8 Å². The summed E-state index contributed by atoms with van der Waals surface area (Å²) in [4.78, 5) is 29.4. The molecule has 0 spiro atoms. The van der Waals surface area contributed by atoms with Crippen molar-refractivity contribution >= 4 is 34.8 Å². The fourth-order valence-corrected chi connectivity index (χ4v) is 3.76. The quantitative estimate of drug-likeness (QED) is 0.840. The molecule has 0 N–H and O–H groups in total. The van der Waals surface area contributed by atoms with Crippen molar-refractivity contribution in [3.05, 3.63) is 57.2 Å². The Kier molecular flexibility index (Phi) is 5.53. The van der Waals surface area contributed by atoms with Gasteiger partial charge in [-0.25, -0.2) is 0 Å². The highest BCUT2D eigenvalue weighted by molar-refractivity contribution is 7.12. The van der Waals surface area contributed by atoms with Gasteiger partial charge >= 0.3 is 0 Å². The Labute approximate surface area is 150 Å². The summed E-state index contributed by atoms with van der Waals surface area (Å²) in [6, 6.07) is 11.1. The van der Waals surface area contributed by atoms with Crippen LogP contribution in [0, 0.1) is 0 Å². The first-order valence-corrected chi connectivity index (χ1v) is 9.24.